The first kappa shape index (κ1) is 104. The molecule has 3 fully saturated rings. The van der Waals surface area contributed by atoms with E-state index in [9.17, 15) is 75.7 Å². The quantitative estimate of drug-likeness (QED) is 0.0199. The largest absolute Gasteiger partial charge is 0.477 e. The Morgan fingerprint density at radius 1 is 0.455 bits per heavy atom. The first-order valence-electron chi connectivity index (χ1n) is 46.0. The van der Waals surface area contributed by atoms with Gasteiger partial charge in [0, 0.05) is 19.8 Å². The molecule has 3 aliphatic heterocycles. The van der Waals surface area contributed by atoms with E-state index in [4.69, 9.17) is 28.4 Å². The van der Waals surface area contributed by atoms with E-state index in [-0.39, 0.29) is 18.9 Å². The van der Waals surface area contributed by atoms with E-state index in [2.05, 4.69) is 36.6 Å². The van der Waals surface area contributed by atoms with Crippen molar-refractivity contribution in [1.82, 2.24) is 10.6 Å². The van der Waals surface area contributed by atoms with Crippen LogP contribution in [0.1, 0.15) is 400 Å². The molecule has 0 aromatic heterocycles. The number of carboxylic acids is 1. The Morgan fingerprint density at radius 2 is 0.830 bits per heavy atom. The summed E-state index contributed by atoms with van der Waals surface area (Å²) in [6.45, 7) is 2.28. The molecule has 0 aromatic rings. The Bertz CT molecular complexity index is 2260. The van der Waals surface area contributed by atoms with E-state index in [1.165, 1.54) is 295 Å². The standard InChI is InChI=1S/C89H168N2O21/c1-4-6-8-10-12-14-16-18-20-22-24-25-26-27-28-29-30-31-32-33-34-35-36-37-38-39-40-41-42-43-45-47-49-51-53-55-57-59-61-63-76(99)91-70(71(96)62-60-58-56-54-52-50-48-46-44-23-21-19-17-15-13-11-9-7-5-2)68-107-86-81(103)80(102)83(75(67-94)109-86)110-87-82(104)85(79(101)74(66-93)108-87)112-89(88(105)106)64-72(97)77(90-69(3)95)84(111-89)78(100)73(98)65-92/h33-34,70-75,77-87,92-94,96-98,100-104H,4-32,35-68H2,1-3H3,(H,90,95)(H,91,99)(H,105,106)/b34-33-. The molecule has 18 unspecified atom stereocenters. The van der Waals surface area contributed by atoms with E-state index in [0.29, 0.717) is 19.3 Å². The normalized spacial score (nSPS) is 25.4. The van der Waals surface area contributed by atoms with Gasteiger partial charge < -0.3 is 100 Å². The lowest BCUT2D eigenvalue weighted by Crippen LogP contribution is -2.70. The number of hydrogen-bond donors (Lipinski definition) is 14. The van der Waals surface area contributed by atoms with Crippen LogP contribution in [0.25, 0.3) is 0 Å². The second kappa shape index (κ2) is 67.3. The highest BCUT2D eigenvalue weighted by atomic mass is 16.8. The minimum Gasteiger partial charge on any atom is -0.477 e. The summed E-state index contributed by atoms with van der Waals surface area (Å²) in [4.78, 5) is 38.8. The molecule has 23 nitrogen and oxygen atoms in total. The number of aliphatic carboxylic acids is 1. The molecule has 0 bridgehead atoms. The van der Waals surface area contributed by atoms with E-state index in [1.54, 1.807) is 0 Å². The van der Waals surface area contributed by atoms with Gasteiger partial charge in [-0.15, -0.1) is 0 Å². The van der Waals surface area contributed by atoms with Crippen molar-refractivity contribution in [2.75, 3.05) is 26.4 Å². The molecule has 3 heterocycles. The first-order valence-corrected chi connectivity index (χ1v) is 46.0. The number of nitrogens with one attached hydrogen (secondary N) is 2. The van der Waals surface area contributed by atoms with E-state index < -0.39 is 148 Å². The van der Waals surface area contributed by atoms with Gasteiger partial charge in [0.1, 0.15) is 67.1 Å². The fourth-order valence-corrected chi connectivity index (χ4v) is 16.2. The number of aliphatic hydroxyl groups excluding tert-OH is 11. The maximum absolute atomic E-state index is 13.6. The van der Waals surface area contributed by atoms with E-state index >= 15 is 0 Å². The van der Waals surface area contributed by atoms with Crippen molar-refractivity contribution in [2.45, 2.75) is 509 Å². The third kappa shape index (κ3) is 45.6. The average Bonchev–Trinajstić information content (AvgIpc) is 0.756. The minimum atomic E-state index is -3.08. The number of carboxylic acid groups (broad SMARTS) is 1. The topological polar surface area (TPSA) is 373 Å². The van der Waals surface area contributed by atoms with Crippen LogP contribution in [-0.4, -0.2) is 215 Å². The van der Waals surface area contributed by atoms with Crippen molar-refractivity contribution in [3.63, 3.8) is 0 Å². The third-order valence-electron chi connectivity index (χ3n) is 23.5. The lowest BCUT2D eigenvalue weighted by Gasteiger charge is -2.50. The van der Waals surface area contributed by atoms with Crippen LogP contribution in [0.2, 0.25) is 0 Å². The Labute approximate surface area is 677 Å². The van der Waals surface area contributed by atoms with Gasteiger partial charge >= 0.3 is 5.97 Å². The molecule has 0 saturated carbocycles. The zero-order chi connectivity index (χ0) is 81.7. The summed E-state index contributed by atoms with van der Waals surface area (Å²) in [5, 5.41) is 137. The van der Waals surface area contributed by atoms with Gasteiger partial charge in [-0.2, -0.15) is 0 Å². The number of carbonyl (C=O) groups excluding carboxylic acids is 2. The number of amides is 2. The molecule has 0 spiro atoms. The summed E-state index contributed by atoms with van der Waals surface area (Å²) < 4.78 is 35.0. The van der Waals surface area contributed by atoms with Gasteiger partial charge in [-0.25, -0.2) is 4.79 Å². The van der Waals surface area contributed by atoms with Crippen LogP contribution in [0.3, 0.4) is 0 Å². The van der Waals surface area contributed by atoms with Crippen molar-refractivity contribution in [3.8, 4) is 0 Å². The maximum atomic E-state index is 13.6. The smallest absolute Gasteiger partial charge is 0.364 e. The summed E-state index contributed by atoms with van der Waals surface area (Å²) in [5.41, 5.74) is 0. The molecule has 14 N–H and O–H groups in total. The summed E-state index contributed by atoms with van der Waals surface area (Å²) in [6, 6.07) is -2.53. The molecule has 0 radical (unpaired) electrons. The fourth-order valence-electron chi connectivity index (χ4n) is 16.2. The number of allylic oxidation sites excluding steroid dienone is 2. The van der Waals surface area contributed by atoms with Crippen molar-refractivity contribution in [1.29, 1.82) is 0 Å². The summed E-state index contributed by atoms with van der Waals surface area (Å²) in [5.74, 6) is -6.09. The van der Waals surface area contributed by atoms with Gasteiger partial charge in [0.2, 0.25) is 11.8 Å². The van der Waals surface area contributed by atoms with Gasteiger partial charge in [0.15, 0.2) is 12.6 Å². The van der Waals surface area contributed by atoms with Crippen LogP contribution in [0.4, 0.5) is 0 Å². The summed E-state index contributed by atoms with van der Waals surface area (Å²) >= 11 is 0. The zero-order valence-electron chi connectivity index (χ0n) is 70.6. The number of hydrogen-bond acceptors (Lipinski definition) is 20. The number of aliphatic hydroxyl groups is 11. The lowest BCUT2D eigenvalue weighted by molar-refractivity contribution is -0.386. The van der Waals surface area contributed by atoms with Crippen molar-refractivity contribution >= 4 is 17.8 Å². The van der Waals surface area contributed by atoms with Crippen LogP contribution in [-0.2, 0) is 42.8 Å². The number of carbonyl (C=O) groups is 3. The highest BCUT2D eigenvalue weighted by Gasteiger charge is 2.60. The second-order valence-corrected chi connectivity index (χ2v) is 33.5. The highest BCUT2D eigenvalue weighted by molar-refractivity contribution is 5.77. The number of unbranched alkanes of at least 4 members (excludes halogenated alkanes) is 53. The van der Waals surface area contributed by atoms with E-state index in [1.807, 2.05) is 0 Å². The first-order chi connectivity index (χ1) is 54.4. The van der Waals surface area contributed by atoms with Gasteiger partial charge in [-0.3, -0.25) is 9.59 Å². The second-order valence-electron chi connectivity index (χ2n) is 33.5. The number of rotatable bonds is 75. The summed E-state index contributed by atoms with van der Waals surface area (Å²) in [6.07, 6.45) is 48.1. The van der Waals surface area contributed by atoms with Gasteiger partial charge in [-0.05, 0) is 38.5 Å². The molecule has 112 heavy (non-hydrogen) atoms. The third-order valence-corrected chi connectivity index (χ3v) is 23.5. The lowest BCUT2D eigenvalue weighted by atomic mass is 9.88. The molecule has 0 aliphatic carbocycles. The van der Waals surface area contributed by atoms with Crippen molar-refractivity contribution < 1.29 is 104 Å². The molecule has 660 valence electrons. The van der Waals surface area contributed by atoms with Crippen molar-refractivity contribution in [2.24, 2.45) is 0 Å². The molecule has 0 aromatic carbocycles. The van der Waals surface area contributed by atoms with Crippen LogP contribution in [0, 0.1) is 0 Å². The Morgan fingerprint density at radius 3 is 1.21 bits per heavy atom. The Hall–Kier alpha value is -2.53. The van der Waals surface area contributed by atoms with Gasteiger partial charge in [-0.1, -0.05) is 353 Å². The Kier molecular flexibility index (Phi) is 62.3. The SMILES string of the molecule is CCCCCCCCCCCCCCCCCCCC/C=C\CCCCCCCCCCCCCCCCCCCC(=O)NC(COC1OC(CO)C(OC2OC(CO)C(O)C(OC3(C(=O)O)CC(O)C(NC(C)=O)C(C(O)C(O)CO)O3)C2O)C(O)C1O)C(O)CCCCCCCCCCCCCCCCCCCCC. The molecule has 3 aliphatic rings. The van der Waals surface area contributed by atoms with Crippen LogP contribution in [0.15, 0.2) is 12.2 Å². The van der Waals surface area contributed by atoms with E-state index in [0.717, 1.165) is 58.3 Å². The molecule has 3 rings (SSSR count). The minimum absolute atomic E-state index is 0.228. The van der Waals surface area contributed by atoms with Gasteiger partial charge in [0.05, 0.1) is 50.7 Å². The predicted octanol–water partition coefficient (Wildman–Crippen LogP) is 14.9. The van der Waals surface area contributed by atoms with Crippen LogP contribution >= 0.6 is 0 Å². The highest BCUT2D eigenvalue weighted by Crippen LogP contribution is 2.39. The maximum Gasteiger partial charge on any atom is 0.364 e. The average molecular weight is 1600 g/mol. The van der Waals surface area contributed by atoms with Crippen LogP contribution in [0.5, 0.6) is 0 Å². The molecule has 18 atom stereocenters. The molecular formula is C89H168N2O21. The van der Waals surface area contributed by atoms with Crippen LogP contribution < -0.4 is 10.6 Å². The fraction of sp³-hybridized carbons (Fsp3) is 0.944. The van der Waals surface area contributed by atoms with Crippen molar-refractivity contribution in [3.05, 3.63) is 12.2 Å². The molecular weight excluding hydrogens is 1430 g/mol. The number of ether oxygens (including phenoxy) is 6. The molecule has 23 heteroatoms. The molecule has 2 amide bonds. The predicted molar refractivity (Wildman–Crippen MR) is 440 cm³/mol. The Balaban J connectivity index is 1.39. The monoisotopic (exact) mass is 1600 g/mol. The molecule has 3 saturated heterocycles. The van der Waals surface area contributed by atoms with Gasteiger partial charge in [0.25, 0.3) is 5.79 Å². The zero-order valence-corrected chi connectivity index (χ0v) is 70.6. The summed E-state index contributed by atoms with van der Waals surface area (Å²) in [7, 11) is 0.